The standard InChI is InChI=1S/C45H29N3O/c1-45(2)35-20-9-7-17-32(35)41-40(45)44(47-43(46-41)33-19-11-18-31-30-16-8-10-21-38(30)49-42(31)33)48-36-23-22-26-12-5-6-15-29(26)39(36)34-24-27-13-3-4-14-28(27)25-37(34)48/h3-25H,1-2H3. The third kappa shape index (κ3) is 3.53. The Labute approximate surface area is 281 Å². The number of rotatable bonds is 2. The van der Waals surface area contributed by atoms with Crippen LogP contribution in [0, 0.1) is 0 Å². The molecule has 0 fully saturated rings. The molecule has 0 saturated heterocycles. The van der Waals surface area contributed by atoms with Crippen LogP contribution in [0.15, 0.2) is 144 Å². The van der Waals surface area contributed by atoms with Crippen molar-refractivity contribution in [2.45, 2.75) is 19.3 Å². The molecule has 0 radical (unpaired) electrons. The van der Waals surface area contributed by atoms with Crippen LogP contribution < -0.4 is 0 Å². The van der Waals surface area contributed by atoms with Crippen LogP contribution in [0.1, 0.15) is 25.0 Å². The molecule has 0 amide bonds. The van der Waals surface area contributed by atoms with Gasteiger partial charge in [-0.15, -0.1) is 0 Å². The predicted octanol–water partition coefficient (Wildman–Crippen LogP) is 11.8. The quantitative estimate of drug-likeness (QED) is 0.192. The fraction of sp³-hybridized carbons (Fsp3) is 0.0667. The lowest BCUT2D eigenvalue weighted by Crippen LogP contribution is -2.19. The Morgan fingerprint density at radius 3 is 2.12 bits per heavy atom. The van der Waals surface area contributed by atoms with Gasteiger partial charge >= 0.3 is 0 Å². The van der Waals surface area contributed by atoms with Crippen LogP contribution in [0.25, 0.3) is 93.8 Å². The molecule has 3 aromatic heterocycles. The first-order valence-corrected chi connectivity index (χ1v) is 16.8. The molecule has 4 nitrogen and oxygen atoms in total. The first kappa shape index (κ1) is 26.8. The molecule has 1 aliphatic carbocycles. The van der Waals surface area contributed by atoms with Crippen molar-refractivity contribution >= 4 is 65.3 Å². The Bertz CT molecular complexity index is 3030. The number of para-hydroxylation sites is 2. The van der Waals surface area contributed by atoms with Crippen molar-refractivity contribution in [3.8, 4) is 28.5 Å². The number of aromatic nitrogens is 3. The minimum atomic E-state index is -0.332. The van der Waals surface area contributed by atoms with Crippen molar-refractivity contribution in [3.05, 3.63) is 151 Å². The summed E-state index contributed by atoms with van der Waals surface area (Å²) >= 11 is 0. The van der Waals surface area contributed by atoms with Gasteiger partial charge in [-0.25, -0.2) is 9.97 Å². The van der Waals surface area contributed by atoms with E-state index in [4.69, 9.17) is 14.4 Å². The Morgan fingerprint density at radius 1 is 0.551 bits per heavy atom. The van der Waals surface area contributed by atoms with Crippen LogP contribution in [0.3, 0.4) is 0 Å². The molecule has 49 heavy (non-hydrogen) atoms. The Hall–Kier alpha value is -6.26. The Morgan fingerprint density at radius 2 is 1.24 bits per heavy atom. The number of benzene rings is 7. The number of hydrogen-bond acceptors (Lipinski definition) is 3. The van der Waals surface area contributed by atoms with Crippen LogP contribution in [-0.4, -0.2) is 14.5 Å². The Kier molecular flexibility index (Phi) is 5.15. The molecule has 0 N–H and O–H groups in total. The lowest BCUT2D eigenvalue weighted by atomic mass is 9.82. The molecule has 7 aromatic carbocycles. The van der Waals surface area contributed by atoms with E-state index in [2.05, 4.69) is 146 Å². The molecule has 4 heteroatoms. The van der Waals surface area contributed by atoms with Crippen molar-refractivity contribution < 1.29 is 4.42 Å². The van der Waals surface area contributed by atoms with Gasteiger partial charge in [0, 0.05) is 38.1 Å². The minimum Gasteiger partial charge on any atom is -0.455 e. The van der Waals surface area contributed by atoms with Crippen LogP contribution >= 0.6 is 0 Å². The highest BCUT2D eigenvalue weighted by Crippen LogP contribution is 2.52. The molecule has 0 unspecified atom stereocenters. The second kappa shape index (κ2) is 9.42. The zero-order valence-corrected chi connectivity index (χ0v) is 27.0. The highest BCUT2D eigenvalue weighted by molar-refractivity contribution is 6.23. The van der Waals surface area contributed by atoms with Gasteiger partial charge in [-0.1, -0.05) is 123 Å². The summed E-state index contributed by atoms with van der Waals surface area (Å²) in [5, 5.41) is 9.48. The normalized spacial score (nSPS) is 13.7. The molecule has 11 rings (SSSR count). The summed E-state index contributed by atoms with van der Waals surface area (Å²) in [6.07, 6.45) is 0. The van der Waals surface area contributed by atoms with Gasteiger partial charge in [0.15, 0.2) is 5.82 Å². The van der Waals surface area contributed by atoms with E-state index in [9.17, 15) is 0 Å². The summed E-state index contributed by atoms with van der Waals surface area (Å²) in [6.45, 7) is 4.62. The molecular weight excluding hydrogens is 599 g/mol. The van der Waals surface area contributed by atoms with E-state index in [0.717, 1.165) is 61.2 Å². The monoisotopic (exact) mass is 627 g/mol. The minimum absolute atomic E-state index is 0.332. The lowest BCUT2D eigenvalue weighted by Gasteiger charge is -2.24. The Balaban J connectivity index is 1.33. The average Bonchev–Trinajstić information content (AvgIpc) is 3.76. The lowest BCUT2D eigenvalue weighted by molar-refractivity contribution is 0.650. The van der Waals surface area contributed by atoms with Gasteiger partial charge in [0.25, 0.3) is 0 Å². The maximum atomic E-state index is 6.55. The van der Waals surface area contributed by atoms with E-state index in [-0.39, 0.29) is 5.41 Å². The van der Waals surface area contributed by atoms with Crippen molar-refractivity contribution in [2.24, 2.45) is 0 Å². The third-order valence-electron chi connectivity index (χ3n) is 10.7. The molecule has 0 spiro atoms. The molecule has 1 aliphatic rings. The highest BCUT2D eigenvalue weighted by Gasteiger charge is 2.41. The third-order valence-corrected chi connectivity index (χ3v) is 10.7. The first-order valence-electron chi connectivity index (χ1n) is 16.8. The van der Waals surface area contributed by atoms with E-state index in [1.54, 1.807) is 0 Å². The van der Waals surface area contributed by atoms with Crippen molar-refractivity contribution in [1.82, 2.24) is 14.5 Å². The van der Waals surface area contributed by atoms with Gasteiger partial charge in [0.1, 0.15) is 17.0 Å². The van der Waals surface area contributed by atoms with Gasteiger partial charge in [-0.3, -0.25) is 4.57 Å². The van der Waals surface area contributed by atoms with E-state index in [1.807, 2.05) is 12.1 Å². The molecule has 0 atom stereocenters. The molecule has 230 valence electrons. The second-order valence-corrected chi connectivity index (χ2v) is 13.8. The molecule has 3 heterocycles. The molecular formula is C45H29N3O. The SMILES string of the molecule is CC1(C)c2ccccc2-c2nc(-c3cccc4c3oc3ccccc34)nc(-n3c4cc5ccccc5cc4c4c5ccccc5ccc43)c21. The summed E-state index contributed by atoms with van der Waals surface area (Å²) < 4.78 is 8.95. The zero-order chi connectivity index (χ0) is 32.4. The van der Waals surface area contributed by atoms with Crippen molar-refractivity contribution in [2.75, 3.05) is 0 Å². The fourth-order valence-electron chi connectivity index (χ4n) is 8.50. The second-order valence-electron chi connectivity index (χ2n) is 13.8. The largest absolute Gasteiger partial charge is 0.455 e. The topological polar surface area (TPSA) is 43.9 Å². The van der Waals surface area contributed by atoms with Gasteiger partial charge in [0.05, 0.1) is 22.3 Å². The summed E-state index contributed by atoms with van der Waals surface area (Å²) in [6, 6.07) is 49.8. The van der Waals surface area contributed by atoms with E-state index in [0.29, 0.717) is 5.82 Å². The van der Waals surface area contributed by atoms with Crippen molar-refractivity contribution in [3.63, 3.8) is 0 Å². The number of furan rings is 1. The van der Waals surface area contributed by atoms with Gasteiger partial charge in [0.2, 0.25) is 0 Å². The smallest absolute Gasteiger partial charge is 0.165 e. The number of hydrogen-bond donors (Lipinski definition) is 0. The van der Waals surface area contributed by atoms with Crippen LogP contribution in [0.2, 0.25) is 0 Å². The van der Waals surface area contributed by atoms with Crippen molar-refractivity contribution in [1.29, 1.82) is 0 Å². The molecule has 0 aliphatic heterocycles. The summed E-state index contributed by atoms with van der Waals surface area (Å²) in [7, 11) is 0. The van der Waals surface area contributed by atoms with Gasteiger partial charge in [-0.2, -0.15) is 0 Å². The maximum absolute atomic E-state index is 6.55. The zero-order valence-electron chi connectivity index (χ0n) is 27.0. The highest BCUT2D eigenvalue weighted by atomic mass is 16.3. The molecule has 10 aromatic rings. The first-order chi connectivity index (χ1) is 24.1. The summed E-state index contributed by atoms with van der Waals surface area (Å²) in [4.78, 5) is 11.0. The van der Waals surface area contributed by atoms with Gasteiger partial charge < -0.3 is 4.42 Å². The fourth-order valence-corrected chi connectivity index (χ4v) is 8.50. The van der Waals surface area contributed by atoms with E-state index >= 15 is 0 Å². The van der Waals surface area contributed by atoms with Gasteiger partial charge in [-0.05, 0) is 57.4 Å². The maximum Gasteiger partial charge on any atom is 0.165 e. The number of nitrogens with zero attached hydrogens (tertiary/aromatic N) is 3. The average molecular weight is 628 g/mol. The van der Waals surface area contributed by atoms with Crippen LogP contribution in [0.5, 0.6) is 0 Å². The molecule has 0 bridgehead atoms. The predicted molar refractivity (Wildman–Crippen MR) is 202 cm³/mol. The molecule has 0 saturated carbocycles. The van der Waals surface area contributed by atoms with Crippen LogP contribution in [-0.2, 0) is 5.41 Å². The van der Waals surface area contributed by atoms with E-state index in [1.165, 1.54) is 37.9 Å². The summed E-state index contributed by atoms with van der Waals surface area (Å²) in [5.41, 5.74) is 9.00. The van der Waals surface area contributed by atoms with Crippen LogP contribution in [0.4, 0.5) is 0 Å². The summed E-state index contributed by atoms with van der Waals surface area (Å²) in [5.74, 6) is 1.56. The van der Waals surface area contributed by atoms with E-state index < -0.39 is 0 Å². The number of fused-ring (bicyclic) bond motifs is 12.